The highest BCUT2D eigenvalue weighted by molar-refractivity contribution is 5.34. The van der Waals surface area contributed by atoms with Crippen molar-refractivity contribution >= 4 is 0 Å². The van der Waals surface area contributed by atoms with Crippen molar-refractivity contribution in [1.29, 1.82) is 0 Å². The Balaban J connectivity index is 2.87. The van der Waals surface area contributed by atoms with Crippen LogP contribution in [0.15, 0.2) is 18.2 Å². The number of benzene rings is 1. The number of ether oxygens (including phenoxy) is 1. The molecule has 0 fully saturated rings. The third-order valence-electron chi connectivity index (χ3n) is 2.93. The van der Waals surface area contributed by atoms with Gasteiger partial charge in [0.1, 0.15) is 11.6 Å². The minimum absolute atomic E-state index is 0.0519. The molecule has 1 aromatic carbocycles. The number of nitrogens with two attached hydrogens (primary N) is 1. The van der Waals surface area contributed by atoms with Crippen LogP contribution in [0.25, 0.3) is 0 Å². The lowest BCUT2D eigenvalue weighted by atomic mass is 10.0. The summed E-state index contributed by atoms with van der Waals surface area (Å²) in [5.74, 6) is 0.518. The van der Waals surface area contributed by atoms with Crippen LogP contribution in [0.1, 0.15) is 39.2 Å². The van der Waals surface area contributed by atoms with Gasteiger partial charge in [0.2, 0.25) is 0 Å². The number of halogens is 1. The number of rotatable bonds is 6. The summed E-state index contributed by atoms with van der Waals surface area (Å²) < 4.78 is 19.0. The Morgan fingerprint density at radius 2 is 2.00 bits per heavy atom. The second kappa shape index (κ2) is 6.60. The highest BCUT2D eigenvalue weighted by Gasteiger charge is 2.11. The van der Waals surface area contributed by atoms with E-state index in [1.807, 2.05) is 13.8 Å². The summed E-state index contributed by atoms with van der Waals surface area (Å²) in [5, 5.41) is 0. The molecule has 2 nitrogen and oxygen atoms in total. The van der Waals surface area contributed by atoms with E-state index in [2.05, 4.69) is 6.92 Å². The smallest absolute Gasteiger partial charge is 0.123 e. The standard InChI is InChI=1S/C14H22FNO/c1-4-10(3)17-14-7-6-12(15)8-11(14)9-13(16)5-2/h6-8,10,13H,4-5,9,16H2,1-3H3. The molecular formula is C14H22FNO. The number of hydrogen-bond acceptors (Lipinski definition) is 2. The molecule has 0 heterocycles. The Morgan fingerprint density at radius 3 is 2.59 bits per heavy atom. The molecule has 0 aliphatic heterocycles. The Kier molecular flexibility index (Phi) is 5.42. The molecule has 17 heavy (non-hydrogen) atoms. The Labute approximate surface area is 103 Å². The van der Waals surface area contributed by atoms with E-state index in [-0.39, 0.29) is 18.0 Å². The molecular weight excluding hydrogens is 217 g/mol. The maximum atomic E-state index is 13.2. The molecule has 0 aliphatic rings. The molecule has 0 saturated heterocycles. The predicted molar refractivity (Wildman–Crippen MR) is 68.8 cm³/mol. The summed E-state index contributed by atoms with van der Waals surface area (Å²) in [5.41, 5.74) is 6.77. The summed E-state index contributed by atoms with van der Waals surface area (Å²) in [6, 6.07) is 4.70. The van der Waals surface area contributed by atoms with E-state index in [4.69, 9.17) is 10.5 Å². The van der Waals surface area contributed by atoms with Gasteiger partial charge < -0.3 is 10.5 Å². The van der Waals surface area contributed by atoms with Crippen molar-refractivity contribution in [3.8, 4) is 5.75 Å². The van der Waals surface area contributed by atoms with Gasteiger partial charge in [-0.05, 0) is 49.9 Å². The van der Waals surface area contributed by atoms with Crippen molar-refractivity contribution in [1.82, 2.24) is 0 Å². The van der Waals surface area contributed by atoms with Gasteiger partial charge >= 0.3 is 0 Å². The molecule has 2 atom stereocenters. The van der Waals surface area contributed by atoms with Crippen LogP contribution < -0.4 is 10.5 Å². The van der Waals surface area contributed by atoms with Gasteiger partial charge in [0.15, 0.2) is 0 Å². The molecule has 96 valence electrons. The normalized spacial score (nSPS) is 14.4. The fraction of sp³-hybridized carbons (Fsp3) is 0.571. The summed E-state index contributed by atoms with van der Waals surface area (Å²) in [6.07, 6.45) is 2.59. The van der Waals surface area contributed by atoms with E-state index >= 15 is 0 Å². The van der Waals surface area contributed by atoms with E-state index in [1.165, 1.54) is 12.1 Å². The lowest BCUT2D eigenvalue weighted by Gasteiger charge is -2.18. The average Bonchev–Trinajstić information content (AvgIpc) is 2.32. The van der Waals surface area contributed by atoms with Gasteiger partial charge in [0.05, 0.1) is 6.10 Å². The van der Waals surface area contributed by atoms with Crippen LogP contribution >= 0.6 is 0 Å². The van der Waals surface area contributed by atoms with Gasteiger partial charge in [-0.25, -0.2) is 4.39 Å². The maximum Gasteiger partial charge on any atom is 0.123 e. The first-order valence-electron chi connectivity index (χ1n) is 6.27. The third kappa shape index (κ3) is 4.35. The first-order valence-corrected chi connectivity index (χ1v) is 6.27. The quantitative estimate of drug-likeness (QED) is 0.826. The van der Waals surface area contributed by atoms with Crippen molar-refractivity contribution in [3.05, 3.63) is 29.6 Å². The summed E-state index contributed by atoms with van der Waals surface area (Å²) in [7, 11) is 0. The van der Waals surface area contributed by atoms with Gasteiger partial charge in [-0.3, -0.25) is 0 Å². The highest BCUT2D eigenvalue weighted by Crippen LogP contribution is 2.23. The molecule has 0 amide bonds. The molecule has 0 saturated carbocycles. The van der Waals surface area contributed by atoms with Crippen molar-refractivity contribution < 1.29 is 9.13 Å². The first kappa shape index (κ1) is 14.0. The topological polar surface area (TPSA) is 35.2 Å². The van der Waals surface area contributed by atoms with Crippen LogP contribution in [0.4, 0.5) is 4.39 Å². The first-order chi connectivity index (χ1) is 8.06. The second-order valence-electron chi connectivity index (χ2n) is 4.46. The summed E-state index contributed by atoms with van der Waals surface area (Å²) >= 11 is 0. The molecule has 0 aromatic heterocycles. The molecule has 0 bridgehead atoms. The van der Waals surface area contributed by atoms with Gasteiger partial charge in [0.25, 0.3) is 0 Å². The van der Waals surface area contributed by atoms with Gasteiger partial charge in [-0.1, -0.05) is 13.8 Å². The Morgan fingerprint density at radius 1 is 1.29 bits per heavy atom. The fourth-order valence-electron chi connectivity index (χ4n) is 1.55. The molecule has 3 heteroatoms. The summed E-state index contributed by atoms with van der Waals surface area (Å²) in [4.78, 5) is 0. The maximum absolute atomic E-state index is 13.2. The minimum atomic E-state index is -0.236. The number of hydrogen-bond donors (Lipinski definition) is 1. The summed E-state index contributed by atoms with van der Waals surface area (Å²) in [6.45, 7) is 6.09. The van der Waals surface area contributed by atoms with E-state index in [0.29, 0.717) is 6.42 Å². The van der Waals surface area contributed by atoms with Crippen LogP contribution in [0, 0.1) is 5.82 Å². The highest BCUT2D eigenvalue weighted by atomic mass is 19.1. The van der Waals surface area contributed by atoms with E-state index < -0.39 is 0 Å². The van der Waals surface area contributed by atoms with E-state index in [9.17, 15) is 4.39 Å². The average molecular weight is 239 g/mol. The molecule has 1 aromatic rings. The third-order valence-corrected chi connectivity index (χ3v) is 2.93. The second-order valence-corrected chi connectivity index (χ2v) is 4.46. The lowest BCUT2D eigenvalue weighted by Crippen LogP contribution is -2.22. The SMILES string of the molecule is CCC(N)Cc1cc(F)ccc1OC(C)CC. The van der Waals surface area contributed by atoms with Crippen LogP contribution in [0.5, 0.6) is 5.75 Å². The molecule has 0 aliphatic carbocycles. The zero-order valence-corrected chi connectivity index (χ0v) is 10.9. The van der Waals surface area contributed by atoms with Crippen molar-refractivity contribution in [2.75, 3.05) is 0 Å². The van der Waals surface area contributed by atoms with Crippen LogP contribution in [-0.2, 0) is 6.42 Å². The fourth-order valence-corrected chi connectivity index (χ4v) is 1.55. The largest absolute Gasteiger partial charge is 0.490 e. The van der Waals surface area contributed by atoms with Crippen LogP contribution in [0.3, 0.4) is 0 Å². The van der Waals surface area contributed by atoms with Crippen molar-refractivity contribution in [3.63, 3.8) is 0 Å². The van der Waals surface area contributed by atoms with Gasteiger partial charge in [0, 0.05) is 6.04 Å². The molecule has 2 N–H and O–H groups in total. The Hall–Kier alpha value is -1.09. The zero-order chi connectivity index (χ0) is 12.8. The Bertz CT molecular complexity index is 354. The lowest BCUT2D eigenvalue weighted by molar-refractivity contribution is 0.214. The van der Waals surface area contributed by atoms with Gasteiger partial charge in [-0.2, -0.15) is 0 Å². The molecule has 2 unspecified atom stereocenters. The van der Waals surface area contributed by atoms with Crippen molar-refractivity contribution in [2.24, 2.45) is 5.73 Å². The zero-order valence-electron chi connectivity index (χ0n) is 10.9. The predicted octanol–water partition coefficient (Wildman–Crippen LogP) is 3.28. The van der Waals surface area contributed by atoms with Gasteiger partial charge in [-0.15, -0.1) is 0 Å². The molecule has 0 spiro atoms. The molecule has 0 radical (unpaired) electrons. The van der Waals surface area contributed by atoms with Crippen molar-refractivity contribution in [2.45, 2.75) is 52.2 Å². The van der Waals surface area contributed by atoms with Crippen LogP contribution in [0.2, 0.25) is 0 Å². The van der Waals surface area contributed by atoms with E-state index in [0.717, 1.165) is 24.2 Å². The minimum Gasteiger partial charge on any atom is -0.490 e. The monoisotopic (exact) mass is 239 g/mol. The van der Waals surface area contributed by atoms with E-state index in [1.54, 1.807) is 6.07 Å². The van der Waals surface area contributed by atoms with Crippen LogP contribution in [-0.4, -0.2) is 12.1 Å². The molecule has 1 rings (SSSR count).